The summed E-state index contributed by atoms with van der Waals surface area (Å²) in [5.74, 6) is -0.241. The monoisotopic (exact) mass is 957 g/mol. The third-order valence-corrected chi connectivity index (χ3v) is 11.4. The fourth-order valence-corrected chi connectivity index (χ4v) is 10.5. The first-order valence-corrected chi connectivity index (χ1v) is 24.1. The van der Waals surface area contributed by atoms with Crippen LogP contribution >= 0.6 is 11.8 Å². The second kappa shape index (κ2) is 30.4. The number of aliphatic carboxylic acids is 1. The number of hydrogen-bond acceptors (Lipinski definition) is 10. The fourth-order valence-electron chi connectivity index (χ4n) is 9.74. The van der Waals surface area contributed by atoms with E-state index in [-0.39, 0.29) is 88.3 Å². The summed E-state index contributed by atoms with van der Waals surface area (Å²) in [6, 6.07) is 9.45. The minimum Gasteiger partial charge on any atom is -0.481 e. The Morgan fingerprint density at radius 2 is 0.870 bits per heavy atom. The third kappa shape index (κ3) is 33.5. The third-order valence-electron chi connectivity index (χ3n) is 10.6. The van der Waals surface area contributed by atoms with Crippen LogP contribution in [0.3, 0.4) is 0 Å². The number of carboxylic acids is 1. The van der Waals surface area contributed by atoms with Gasteiger partial charge in [-0.2, -0.15) is 0 Å². The summed E-state index contributed by atoms with van der Waals surface area (Å²) in [7, 11) is 32.0. The molecule has 0 atom stereocenters. The Kier molecular flexibility index (Phi) is 31.5. The van der Waals surface area contributed by atoms with Gasteiger partial charge in [0, 0.05) is 106 Å². The zero-order valence-corrected chi connectivity index (χ0v) is 46.1. The Morgan fingerprint density at radius 1 is 0.594 bits per heavy atom. The summed E-state index contributed by atoms with van der Waals surface area (Å²) in [6.07, 6.45) is 4.70. The van der Waals surface area contributed by atoms with Crippen LogP contribution < -0.4 is 0 Å². The molecule has 69 heavy (non-hydrogen) atoms. The van der Waals surface area contributed by atoms with Crippen molar-refractivity contribution in [1.82, 2.24) is 0 Å². The highest BCUT2D eigenvalue weighted by Gasteiger charge is 2.44. The Balaban J connectivity index is -0.000000815. The van der Waals surface area contributed by atoms with Gasteiger partial charge >= 0.3 is 5.97 Å². The van der Waals surface area contributed by atoms with Gasteiger partial charge < -0.3 is 24.1 Å². The molecular formula is C48H78B10O10S. The lowest BCUT2D eigenvalue weighted by atomic mass is 9.08. The maximum atomic E-state index is 12.5. The van der Waals surface area contributed by atoms with Crippen molar-refractivity contribution in [2.24, 2.45) is 17.8 Å². The normalized spacial score (nSPS) is 21.9. The first kappa shape index (κ1) is 71.5. The molecule has 0 unspecified atom stereocenters. The van der Waals surface area contributed by atoms with Crippen LogP contribution in [0, 0.1) is 17.8 Å². The molecule has 1 aromatic rings. The molecular weight excluding hydrogens is 877 g/mol. The molecule has 21 heteroatoms. The second-order valence-electron chi connectivity index (χ2n) is 22.8. The number of benzene rings is 1. The summed E-state index contributed by atoms with van der Waals surface area (Å²) in [6.45, 7) is 33.6. The molecule has 0 amide bonds. The average Bonchev–Trinajstić information content (AvgIpc) is 3.08. The fraction of sp³-hybridized carbons (Fsp3) is 0.771. The molecule has 4 saturated heterocycles. The molecule has 0 bridgehead atoms. The summed E-state index contributed by atoms with van der Waals surface area (Å²) >= 11 is 1.14. The SMILES string of the molecule is CC(=O)C1CC(C)(C)OC(C)(C)C1.CC1(C)CC(=O)CC(C)(C)O1.CC1(C)CC(C(=O)CC(=O)Sc2ccccc2)CC(C)(C)O1.CC1(C)CC(C(=O)O)CC(C)(C)O1.[B].[B]B([B])[B].[B][B].[B][B][B]. The number of ether oxygens (including phenoxy) is 4. The molecule has 4 aliphatic heterocycles. The Morgan fingerprint density at radius 3 is 1.14 bits per heavy atom. The summed E-state index contributed by atoms with van der Waals surface area (Å²) in [4.78, 5) is 58.9. The molecule has 1 N–H and O–H groups in total. The minimum atomic E-state index is -0.704. The van der Waals surface area contributed by atoms with Crippen LogP contribution in [0.15, 0.2) is 35.2 Å². The van der Waals surface area contributed by atoms with E-state index >= 15 is 0 Å². The van der Waals surface area contributed by atoms with Gasteiger partial charge in [-0.25, -0.2) is 0 Å². The van der Waals surface area contributed by atoms with Gasteiger partial charge in [-0.1, -0.05) is 30.0 Å². The van der Waals surface area contributed by atoms with E-state index in [9.17, 15) is 24.0 Å². The zero-order valence-electron chi connectivity index (χ0n) is 45.3. The predicted octanol–water partition coefficient (Wildman–Crippen LogP) is 6.98. The smallest absolute Gasteiger partial charge is 0.306 e. The van der Waals surface area contributed by atoms with Crippen molar-refractivity contribution in [3.05, 3.63) is 30.3 Å². The summed E-state index contributed by atoms with van der Waals surface area (Å²) < 4.78 is 23.4. The minimum absolute atomic E-state index is 0. The second-order valence-corrected chi connectivity index (χ2v) is 24.0. The molecule has 366 valence electrons. The van der Waals surface area contributed by atoms with E-state index in [1.165, 1.54) is 0 Å². The van der Waals surface area contributed by atoms with E-state index < -0.39 is 12.4 Å². The van der Waals surface area contributed by atoms with Gasteiger partial charge in [-0.3, -0.25) is 24.0 Å². The predicted molar refractivity (Wildman–Crippen MR) is 292 cm³/mol. The Bertz CT molecular complexity index is 1610. The van der Waals surface area contributed by atoms with Crippen LogP contribution in [0.25, 0.3) is 0 Å². The quantitative estimate of drug-likeness (QED) is 0.180. The molecule has 18 radical (unpaired) electrons. The van der Waals surface area contributed by atoms with Gasteiger partial charge in [0.2, 0.25) is 5.12 Å². The molecule has 10 nitrogen and oxygen atoms in total. The largest absolute Gasteiger partial charge is 0.481 e. The Hall–Kier alpha value is -1.79. The number of Topliss-reactive ketones (excluding diaryl/α,β-unsaturated/α-hetero) is 3. The van der Waals surface area contributed by atoms with Crippen LogP contribution in [-0.4, -0.2) is 154 Å². The molecule has 0 aliphatic carbocycles. The lowest BCUT2D eigenvalue weighted by Gasteiger charge is -2.44. The summed E-state index contributed by atoms with van der Waals surface area (Å²) in [5.41, 5.74) is -2.11. The van der Waals surface area contributed by atoms with Crippen molar-refractivity contribution < 1.29 is 48.0 Å². The van der Waals surface area contributed by atoms with Gasteiger partial charge in [0.15, 0.2) is 0 Å². The van der Waals surface area contributed by atoms with Crippen LogP contribution in [0.5, 0.6) is 0 Å². The van der Waals surface area contributed by atoms with Crippen LogP contribution in [0.2, 0.25) is 0 Å². The number of ketones is 3. The van der Waals surface area contributed by atoms with Gasteiger partial charge in [0.05, 0.1) is 57.1 Å². The molecule has 0 saturated carbocycles. The van der Waals surface area contributed by atoms with Crippen molar-refractivity contribution in [2.75, 3.05) is 0 Å². The number of carboxylic acid groups (broad SMARTS) is 1. The number of carbonyl (C=O) groups excluding carboxylic acids is 4. The van der Waals surface area contributed by atoms with Gasteiger partial charge in [-0.15, -0.1) is 0 Å². The topological polar surface area (TPSA) is 142 Å². The number of hydrogen-bond donors (Lipinski definition) is 1. The van der Waals surface area contributed by atoms with Crippen molar-refractivity contribution in [1.29, 1.82) is 0 Å². The maximum Gasteiger partial charge on any atom is 0.306 e. The van der Waals surface area contributed by atoms with Gasteiger partial charge in [0.25, 0.3) is 0 Å². The van der Waals surface area contributed by atoms with Crippen LogP contribution in [0.1, 0.15) is 175 Å². The van der Waals surface area contributed by atoms with Crippen LogP contribution in [0.4, 0.5) is 0 Å². The van der Waals surface area contributed by atoms with E-state index in [4.69, 9.17) is 24.1 Å². The number of rotatable bonds is 6. The number of carbonyl (C=O) groups is 5. The zero-order chi connectivity index (χ0) is 53.9. The van der Waals surface area contributed by atoms with Crippen molar-refractivity contribution in [2.45, 2.75) is 225 Å². The lowest BCUT2D eigenvalue weighted by molar-refractivity contribution is -0.185. The van der Waals surface area contributed by atoms with Gasteiger partial charge in [0.1, 0.15) is 17.3 Å². The van der Waals surface area contributed by atoms with Crippen molar-refractivity contribution in [3.8, 4) is 0 Å². The van der Waals surface area contributed by atoms with Gasteiger partial charge in [-0.05, 0) is 168 Å². The van der Waals surface area contributed by atoms with E-state index in [2.05, 4.69) is 81.9 Å². The van der Waals surface area contributed by atoms with Crippen molar-refractivity contribution in [3.63, 3.8) is 0 Å². The van der Waals surface area contributed by atoms with E-state index in [1.807, 2.05) is 113 Å². The lowest BCUT2D eigenvalue weighted by Crippen LogP contribution is -2.47. The summed E-state index contributed by atoms with van der Waals surface area (Å²) in [5, 5.41) is 8.86. The first-order chi connectivity index (χ1) is 30.6. The van der Waals surface area contributed by atoms with E-state index in [0.29, 0.717) is 50.1 Å². The molecule has 5 rings (SSSR count). The highest BCUT2D eigenvalue weighted by molar-refractivity contribution is 8.13. The van der Waals surface area contributed by atoms with Crippen molar-refractivity contribution >= 4 is 116 Å². The molecule has 0 spiro atoms. The van der Waals surface area contributed by atoms with E-state index in [1.54, 1.807) is 6.92 Å². The average molecular weight is 955 g/mol. The van der Waals surface area contributed by atoms with E-state index in [0.717, 1.165) is 36.6 Å². The molecule has 4 aliphatic rings. The Labute approximate surface area is 435 Å². The molecule has 0 aromatic heterocycles. The first-order valence-electron chi connectivity index (χ1n) is 23.3. The standard InChI is InChI=1S/C18H24O3S.C11H20O2.C10H18O3.C9H16O2.B4.B3.B2.B/c1-17(2)11-13(12-18(3,4)21-17)15(19)10-16(20)22-14-8-6-5-7-9-14;1-8(12)9-6-10(2,3)13-11(4,5)7-9;1-9(2)5-7(8(11)12)6-10(3,4)13-9;1-8(2)5-7(10)6-9(3,4)11-8;1-4(2)3;1-3-2;1-2;/h5-9,13H,10-12H2,1-4H3;9H,6-7H2,1-5H3;7H,5-6H2,1-4H3,(H,11,12);5-6H2,1-4H3;;;;. The highest BCUT2D eigenvalue weighted by atomic mass is 32.2. The number of thioether (sulfide) groups is 1. The highest BCUT2D eigenvalue weighted by Crippen LogP contribution is 2.41. The van der Waals surface area contributed by atoms with Crippen LogP contribution in [-0.2, 0) is 42.9 Å². The molecule has 4 fully saturated rings. The molecule has 4 heterocycles. The maximum absolute atomic E-state index is 12.5. The molecule has 1 aromatic carbocycles.